The van der Waals surface area contributed by atoms with E-state index >= 15 is 0 Å². The van der Waals surface area contributed by atoms with Crippen LogP contribution in [0.1, 0.15) is 94.3 Å². The number of hydrogen-bond acceptors (Lipinski definition) is 5. The highest BCUT2D eigenvalue weighted by molar-refractivity contribution is 5.94. The van der Waals surface area contributed by atoms with Crippen LogP contribution in [0.15, 0.2) is 36.4 Å². The van der Waals surface area contributed by atoms with Crippen LogP contribution >= 0.6 is 0 Å². The zero-order valence-corrected chi connectivity index (χ0v) is 19.4. The van der Waals surface area contributed by atoms with Gasteiger partial charge < -0.3 is 15.5 Å². The third-order valence-electron chi connectivity index (χ3n) is 5.57. The Morgan fingerprint density at radius 1 is 1.00 bits per heavy atom. The lowest BCUT2D eigenvalue weighted by molar-refractivity contribution is -0.384. The monoisotopic (exact) mass is 448 g/mol. The fourth-order valence-corrected chi connectivity index (χ4v) is 3.52. The van der Waals surface area contributed by atoms with Crippen LogP contribution in [0.4, 0.5) is 5.69 Å². The maximum atomic E-state index is 12.3. The van der Waals surface area contributed by atoms with Gasteiger partial charge in [-0.25, -0.2) is 0 Å². The lowest BCUT2D eigenvalue weighted by Crippen LogP contribution is -2.45. The lowest BCUT2D eigenvalue weighted by Gasteiger charge is -2.19. The van der Waals surface area contributed by atoms with Crippen molar-refractivity contribution in [1.29, 1.82) is 0 Å². The highest BCUT2D eigenvalue weighted by Gasteiger charge is 2.19. The Morgan fingerprint density at radius 2 is 1.53 bits per heavy atom. The second kappa shape index (κ2) is 17.3. The van der Waals surface area contributed by atoms with E-state index in [1.165, 1.54) is 82.1 Å². The van der Waals surface area contributed by atoms with Crippen molar-refractivity contribution in [3.8, 4) is 0 Å². The lowest BCUT2D eigenvalue weighted by atomic mass is 10.0. The third kappa shape index (κ3) is 12.0. The van der Waals surface area contributed by atoms with E-state index in [2.05, 4.69) is 12.2 Å². The molecule has 0 saturated heterocycles. The van der Waals surface area contributed by atoms with Gasteiger partial charge in [-0.2, -0.15) is 0 Å². The van der Waals surface area contributed by atoms with Crippen LogP contribution in [0.5, 0.6) is 0 Å². The number of hydrogen-bond donors (Lipinski definition) is 3. The number of aliphatic hydroxyl groups is 2. The van der Waals surface area contributed by atoms with E-state index in [9.17, 15) is 25.1 Å². The van der Waals surface area contributed by atoms with Crippen LogP contribution in [0.3, 0.4) is 0 Å². The topological polar surface area (TPSA) is 113 Å². The number of nitrogens with zero attached hydrogens (tertiary/aromatic N) is 1. The number of rotatable bonds is 18. The normalized spacial score (nSPS) is 13.2. The Morgan fingerprint density at radius 3 is 2.03 bits per heavy atom. The van der Waals surface area contributed by atoms with Crippen LogP contribution in [0.2, 0.25) is 0 Å². The summed E-state index contributed by atoms with van der Waals surface area (Å²) in [6, 6.07) is 4.33. The van der Waals surface area contributed by atoms with Crippen molar-refractivity contribution in [1.82, 2.24) is 5.32 Å². The quantitative estimate of drug-likeness (QED) is 0.122. The van der Waals surface area contributed by atoms with Crippen molar-refractivity contribution < 1.29 is 19.9 Å². The molecule has 0 aliphatic rings. The molecule has 7 heteroatoms. The van der Waals surface area contributed by atoms with E-state index in [1.807, 2.05) is 6.08 Å². The van der Waals surface area contributed by atoms with Gasteiger partial charge in [-0.05, 0) is 25.0 Å². The minimum atomic E-state index is -1.00. The first kappa shape index (κ1) is 27.8. The smallest absolute Gasteiger partial charge is 0.269 e. The summed E-state index contributed by atoms with van der Waals surface area (Å²) < 4.78 is 0. The molecule has 0 aliphatic carbocycles. The Bertz CT molecular complexity index is 675. The number of unbranched alkanes of at least 4 members (excludes halogenated alkanes) is 11. The minimum absolute atomic E-state index is 0.106. The molecule has 0 unspecified atom stereocenters. The summed E-state index contributed by atoms with van der Waals surface area (Å²) in [6.07, 6.45) is 17.5. The molecule has 7 nitrogen and oxygen atoms in total. The molecule has 32 heavy (non-hydrogen) atoms. The summed E-state index contributed by atoms with van der Waals surface area (Å²) in [6.45, 7) is 1.83. The molecule has 0 aromatic heterocycles. The molecule has 1 amide bonds. The Kier molecular flexibility index (Phi) is 15.0. The predicted molar refractivity (Wildman–Crippen MR) is 128 cm³/mol. The van der Waals surface area contributed by atoms with E-state index in [1.54, 1.807) is 6.08 Å². The fraction of sp³-hybridized carbons (Fsp3) is 0.640. The highest BCUT2D eigenvalue weighted by atomic mass is 16.6. The zero-order chi connectivity index (χ0) is 23.6. The molecule has 0 fully saturated rings. The van der Waals surface area contributed by atoms with Gasteiger partial charge in [-0.3, -0.25) is 14.9 Å². The maximum Gasteiger partial charge on any atom is 0.269 e. The molecule has 0 spiro atoms. The molecule has 0 heterocycles. The van der Waals surface area contributed by atoms with E-state index in [4.69, 9.17) is 0 Å². The number of benzene rings is 1. The molecule has 0 bridgehead atoms. The highest BCUT2D eigenvalue weighted by Crippen LogP contribution is 2.13. The fourth-order valence-electron chi connectivity index (χ4n) is 3.52. The molecule has 0 aliphatic heterocycles. The molecular weight excluding hydrogens is 408 g/mol. The second-order valence-electron chi connectivity index (χ2n) is 8.31. The van der Waals surface area contributed by atoms with Crippen molar-refractivity contribution >= 4 is 11.6 Å². The molecule has 1 aromatic rings. The van der Waals surface area contributed by atoms with Crippen molar-refractivity contribution in [2.24, 2.45) is 0 Å². The molecule has 1 rings (SSSR count). The zero-order valence-electron chi connectivity index (χ0n) is 19.4. The molecule has 1 aromatic carbocycles. The summed E-state index contributed by atoms with van der Waals surface area (Å²) in [7, 11) is 0. The Hall–Kier alpha value is -2.25. The Labute approximate surface area is 192 Å². The van der Waals surface area contributed by atoms with Gasteiger partial charge in [-0.1, -0.05) is 83.3 Å². The minimum Gasteiger partial charge on any atom is -0.394 e. The van der Waals surface area contributed by atoms with Crippen LogP contribution in [0.25, 0.3) is 0 Å². The molecular formula is C25H40N2O5. The molecule has 180 valence electrons. The van der Waals surface area contributed by atoms with Gasteiger partial charge >= 0.3 is 0 Å². The molecule has 0 radical (unpaired) electrons. The van der Waals surface area contributed by atoms with Gasteiger partial charge in [-0.15, -0.1) is 0 Å². The van der Waals surface area contributed by atoms with E-state index in [0.29, 0.717) is 0 Å². The van der Waals surface area contributed by atoms with E-state index < -0.39 is 29.6 Å². The number of carbonyl (C=O) groups is 1. The molecule has 0 saturated carbocycles. The van der Waals surface area contributed by atoms with Gasteiger partial charge in [0.25, 0.3) is 11.6 Å². The van der Waals surface area contributed by atoms with E-state index in [0.717, 1.165) is 19.3 Å². The van der Waals surface area contributed by atoms with Gasteiger partial charge in [0.05, 0.1) is 23.7 Å². The average molecular weight is 449 g/mol. The summed E-state index contributed by atoms with van der Waals surface area (Å²) in [4.78, 5) is 22.4. The number of non-ortho nitro benzene ring substituents is 1. The van der Waals surface area contributed by atoms with Crippen LogP contribution in [-0.4, -0.2) is 39.8 Å². The third-order valence-corrected chi connectivity index (χ3v) is 5.57. The summed E-state index contributed by atoms with van der Waals surface area (Å²) in [5.41, 5.74) is 0.122. The number of amides is 1. The summed E-state index contributed by atoms with van der Waals surface area (Å²) in [5, 5.41) is 33.0. The molecule has 2 atom stereocenters. The first-order valence-electron chi connectivity index (χ1n) is 12.0. The number of nitro groups is 1. The van der Waals surface area contributed by atoms with Crippen molar-refractivity contribution in [2.45, 2.75) is 96.1 Å². The number of carbonyl (C=O) groups excluding carboxylic acids is 1. The number of nitrogens with one attached hydrogen (secondary N) is 1. The average Bonchev–Trinajstić information content (AvgIpc) is 2.80. The summed E-state index contributed by atoms with van der Waals surface area (Å²) >= 11 is 0. The first-order valence-corrected chi connectivity index (χ1v) is 12.0. The predicted octanol–water partition coefficient (Wildman–Crippen LogP) is 5.30. The first-order chi connectivity index (χ1) is 15.5. The second-order valence-corrected chi connectivity index (χ2v) is 8.31. The van der Waals surface area contributed by atoms with Crippen LogP contribution in [-0.2, 0) is 0 Å². The van der Waals surface area contributed by atoms with Gasteiger partial charge in [0.2, 0.25) is 0 Å². The van der Waals surface area contributed by atoms with Gasteiger partial charge in [0.15, 0.2) is 0 Å². The number of aliphatic hydroxyl groups excluding tert-OH is 2. The number of allylic oxidation sites excluding steroid dienone is 1. The Balaban J connectivity index is 2.20. The van der Waals surface area contributed by atoms with Crippen molar-refractivity contribution in [3.05, 3.63) is 52.1 Å². The van der Waals surface area contributed by atoms with Crippen molar-refractivity contribution in [2.75, 3.05) is 6.61 Å². The van der Waals surface area contributed by atoms with E-state index in [-0.39, 0.29) is 11.3 Å². The van der Waals surface area contributed by atoms with Crippen LogP contribution in [0, 0.1) is 10.1 Å². The van der Waals surface area contributed by atoms with Crippen molar-refractivity contribution in [3.63, 3.8) is 0 Å². The van der Waals surface area contributed by atoms with Gasteiger partial charge in [0.1, 0.15) is 0 Å². The summed E-state index contributed by atoms with van der Waals surface area (Å²) in [5.74, 6) is -0.503. The standard InChI is InChI=1S/C25H40N2O5/c1-2-3-4-5-6-7-8-9-10-11-12-13-14-15-24(29)23(20-28)26-25(30)21-16-18-22(19-17-21)27(31)32/h14-19,23-24,28-29H,2-13,20H2,1H3,(H,26,30)/b15-14+/t23-,24+/m0/s1. The van der Waals surface area contributed by atoms with Crippen LogP contribution < -0.4 is 5.32 Å². The number of nitro benzene ring substituents is 1. The van der Waals surface area contributed by atoms with Gasteiger partial charge in [0, 0.05) is 17.7 Å². The largest absolute Gasteiger partial charge is 0.394 e. The SMILES string of the molecule is CCCCCCCCCCCCC/C=C/[C@@H](O)[C@H](CO)NC(=O)c1ccc([N+](=O)[O-])cc1. The molecule has 3 N–H and O–H groups in total. The maximum absolute atomic E-state index is 12.3.